The lowest BCUT2D eigenvalue weighted by molar-refractivity contribution is 0.0703. The van der Waals surface area contributed by atoms with Crippen LogP contribution in [-0.4, -0.2) is 32.1 Å². The summed E-state index contributed by atoms with van der Waals surface area (Å²) >= 11 is 1.03. The number of amides is 2. The third-order valence-corrected chi connectivity index (χ3v) is 5.97. The number of carboxylic acids is 1. The molecule has 0 saturated carbocycles. The van der Waals surface area contributed by atoms with Gasteiger partial charge in [-0.3, -0.25) is 9.88 Å². The van der Waals surface area contributed by atoms with E-state index in [0.29, 0.717) is 38.9 Å². The van der Waals surface area contributed by atoms with E-state index in [9.17, 15) is 14.7 Å². The van der Waals surface area contributed by atoms with Crippen molar-refractivity contribution in [3.8, 4) is 11.6 Å². The number of carbonyl (C=O) groups excluding carboxylic acids is 1. The fourth-order valence-corrected chi connectivity index (χ4v) is 4.45. The predicted octanol–water partition coefficient (Wildman–Crippen LogP) is 4.88. The SMILES string of the molecule is Cc1ncccc1Oc1ccc(N2C(=O)Nc3c(C(=O)O)sc4nccc2c34)c(C)n1. The van der Waals surface area contributed by atoms with E-state index >= 15 is 0 Å². The number of nitrogens with zero attached hydrogens (tertiary/aromatic N) is 4. The first-order valence-corrected chi connectivity index (χ1v) is 10.1. The van der Waals surface area contributed by atoms with E-state index in [-0.39, 0.29) is 10.6 Å². The number of carbonyl (C=O) groups is 2. The van der Waals surface area contributed by atoms with Crippen molar-refractivity contribution in [3.63, 3.8) is 0 Å². The molecule has 10 heteroatoms. The van der Waals surface area contributed by atoms with E-state index in [2.05, 4.69) is 20.3 Å². The van der Waals surface area contributed by atoms with Crippen molar-refractivity contribution in [1.29, 1.82) is 0 Å². The average Bonchev–Trinajstić information content (AvgIpc) is 3.11. The summed E-state index contributed by atoms with van der Waals surface area (Å²) in [5, 5.41) is 12.8. The van der Waals surface area contributed by atoms with Gasteiger partial charge in [0, 0.05) is 18.5 Å². The fraction of sp³-hybridized carbons (Fsp3) is 0.0952. The molecule has 4 aromatic rings. The second kappa shape index (κ2) is 7.03. The molecule has 5 heterocycles. The van der Waals surface area contributed by atoms with Crippen LogP contribution in [0.1, 0.15) is 21.1 Å². The summed E-state index contributed by atoms with van der Waals surface area (Å²) in [7, 11) is 0. The Balaban J connectivity index is 1.58. The third-order valence-electron chi connectivity index (χ3n) is 4.89. The molecule has 31 heavy (non-hydrogen) atoms. The molecule has 0 fully saturated rings. The molecule has 1 aliphatic rings. The number of rotatable bonds is 4. The largest absolute Gasteiger partial charge is 0.477 e. The van der Waals surface area contributed by atoms with Gasteiger partial charge in [-0.15, -0.1) is 11.3 Å². The molecule has 0 bridgehead atoms. The number of aryl methyl sites for hydroxylation is 2. The van der Waals surface area contributed by atoms with Gasteiger partial charge in [0.2, 0.25) is 5.88 Å². The summed E-state index contributed by atoms with van der Waals surface area (Å²) in [4.78, 5) is 39.6. The first-order valence-electron chi connectivity index (χ1n) is 9.27. The summed E-state index contributed by atoms with van der Waals surface area (Å²) in [5.41, 5.74) is 2.67. The van der Waals surface area contributed by atoms with Gasteiger partial charge in [-0.05, 0) is 38.1 Å². The van der Waals surface area contributed by atoms with Gasteiger partial charge in [-0.1, -0.05) is 0 Å². The van der Waals surface area contributed by atoms with Gasteiger partial charge in [-0.25, -0.2) is 19.6 Å². The van der Waals surface area contributed by atoms with Crippen molar-refractivity contribution in [2.24, 2.45) is 0 Å². The molecule has 2 N–H and O–H groups in total. The van der Waals surface area contributed by atoms with Crippen LogP contribution in [0.4, 0.5) is 21.9 Å². The highest BCUT2D eigenvalue weighted by molar-refractivity contribution is 7.21. The summed E-state index contributed by atoms with van der Waals surface area (Å²) in [5.74, 6) is -0.139. The van der Waals surface area contributed by atoms with Crippen LogP contribution in [0.2, 0.25) is 0 Å². The summed E-state index contributed by atoms with van der Waals surface area (Å²) in [6.07, 6.45) is 3.24. The standard InChI is InChI=1S/C21H15N5O4S/c1-10-12(5-6-15(24-10)30-14-4-3-8-22-11(14)2)26-13-7-9-23-19-16(13)17(25-21(26)29)18(31-19)20(27)28/h3-9H,1-2H3,(H,25,29)(H,27,28). The van der Waals surface area contributed by atoms with Gasteiger partial charge in [-0.2, -0.15) is 0 Å². The molecular weight excluding hydrogens is 418 g/mol. The van der Waals surface area contributed by atoms with Crippen LogP contribution in [0.25, 0.3) is 10.2 Å². The average molecular weight is 433 g/mol. The van der Waals surface area contributed by atoms with Gasteiger partial charge >= 0.3 is 12.0 Å². The van der Waals surface area contributed by atoms with Crippen molar-refractivity contribution in [3.05, 3.63) is 59.0 Å². The van der Waals surface area contributed by atoms with Crippen molar-refractivity contribution in [1.82, 2.24) is 15.0 Å². The Morgan fingerprint density at radius 1 is 1.10 bits per heavy atom. The Bertz CT molecular complexity index is 1380. The predicted molar refractivity (Wildman–Crippen MR) is 116 cm³/mol. The van der Waals surface area contributed by atoms with E-state index in [1.807, 2.05) is 6.92 Å². The highest BCUT2D eigenvalue weighted by Gasteiger charge is 2.33. The Morgan fingerprint density at radius 2 is 1.94 bits per heavy atom. The van der Waals surface area contributed by atoms with E-state index in [0.717, 1.165) is 17.0 Å². The monoisotopic (exact) mass is 433 g/mol. The zero-order chi connectivity index (χ0) is 21.7. The number of carboxylic acid groups (broad SMARTS) is 1. The molecule has 0 radical (unpaired) electrons. The molecule has 5 rings (SSSR count). The van der Waals surface area contributed by atoms with Crippen molar-refractivity contribution >= 4 is 50.6 Å². The molecule has 0 aliphatic carbocycles. The lowest BCUT2D eigenvalue weighted by Crippen LogP contribution is -2.34. The summed E-state index contributed by atoms with van der Waals surface area (Å²) in [6.45, 7) is 3.61. The van der Waals surface area contributed by atoms with E-state index in [1.165, 1.54) is 4.90 Å². The first-order chi connectivity index (χ1) is 14.9. The minimum atomic E-state index is -1.11. The van der Waals surface area contributed by atoms with Crippen LogP contribution >= 0.6 is 11.3 Å². The minimum absolute atomic E-state index is 0.0494. The van der Waals surface area contributed by atoms with Gasteiger partial charge in [0.1, 0.15) is 9.71 Å². The normalized spacial score (nSPS) is 12.7. The molecule has 2 amide bonds. The van der Waals surface area contributed by atoms with Crippen molar-refractivity contribution in [2.75, 3.05) is 10.2 Å². The topological polar surface area (TPSA) is 118 Å². The number of urea groups is 1. The number of aromatic nitrogens is 3. The van der Waals surface area contributed by atoms with Crippen LogP contribution in [0.3, 0.4) is 0 Å². The number of nitrogens with one attached hydrogen (secondary N) is 1. The summed E-state index contributed by atoms with van der Waals surface area (Å²) < 4.78 is 5.84. The lowest BCUT2D eigenvalue weighted by Gasteiger charge is -2.29. The van der Waals surface area contributed by atoms with Crippen LogP contribution in [0.15, 0.2) is 42.7 Å². The van der Waals surface area contributed by atoms with E-state index in [4.69, 9.17) is 4.74 Å². The Morgan fingerprint density at radius 3 is 2.68 bits per heavy atom. The van der Waals surface area contributed by atoms with Gasteiger partial charge in [0.05, 0.1) is 33.8 Å². The molecule has 0 atom stereocenters. The maximum Gasteiger partial charge on any atom is 0.348 e. The molecule has 154 valence electrons. The zero-order valence-corrected chi connectivity index (χ0v) is 17.2. The van der Waals surface area contributed by atoms with Crippen LogP contribution < -0.4 is 15.0 Å². The number of hydrogen-bond acceptors (Lipinski definition) is 7. The number of hydrogen-bond donors (Lipinski definition) is 2. The quantitative estimate of drug-likeness (QED) is 0.471. The van der Waals surface area contributed by atoms with Crippen LogP contribution in [-0.2, 0) is 0 Å². The van der Waals surface area contributed by atoms with Gasteiger partial charge < -0.3 is 15.2 Å². The lowest BCUT2D eigenvalue weighted by atomic mass is 10.1. The van der Waals surface area contributed by atoms with Crippen LogP contribution in [0, 0.1) is 13.8 Å². The minimum Gasteiger partial charge on any atom is -0.477 e. The second-order valence-corrected chi connectivity index (χ2v) is 7.83. The number of ether oxygens (including phenoxy) is 1. The number of anilines is 3. The maximum atomic E-state index is 13.0. The first kappa shape index (κ1) is 18.9. The highest BCUT2D eigenvalue weighted by atomic mass is 32.1. The summed E-state index contributed by atoms with van der Waals surface area (Å²) in [6, 6.07) is 8.21. The third kappa shape index (κ3) is 3.04. The maximum absolute atomic E-state index is 13.0. The Kier molecular flexibility index (Phi) is 4.29. The molecule has 0 unspecified atom stereocenters. The zero-order valence-electron chi connectivity index (χ0n) is 16.4. The smallest absolute Gasteiger partial charge is 0.348 e. The van der Waals surface area contributed by atoms with E-state index < -0.39 is 12.0 Å². The van der Waals surface area contributed by atoms with Crippen LogP contribution in [0.5, 0.6) is 11.6 Å². The van der Waals surface area contributed by atoms with Gasteiger partial charge in [0.25, 0.3) is 0 Å². The number of pyridine rings is 3. The number of thiophene rings is 1. The van der Waals surface area contributed by atoms with E-state index in [1.54, 1.807) is 49.6 Å². The highest BCUT2D eigenvalue weighted by Crippen LogP contribution is 2.46. The number of aromatic carboxylic acids is 1. The molecule has 0 aromatic carbocycles. The van der Waals surface area contributed by atoms with Crippen molar-refractivity contribution < 1.29 is 19.4 Å². The second-order valence-electron chi connectivity index (χ2n) is 6.83. The molecule has 1 aliphatic heterocycles. The fourth-order valence-electron chi connectivity index (χ4n) is 3.49. The Hall–Kier alpha value is -4.05. The molecule has 0 spiro atoms. The molecule has 4 aromatic heterocycles. The Labute approximate surface area is 180 Å². The van der Waals surface area contributed by atoms with Crippen molar-refractivity contribution in [2.45, 2.75) is 13.8 Å². The molecule has 9 nitrogen and oxygen atoms in total. The molecule has 0 saturated heterocycles. The molecular formula is C21H15N5O4S. The van der Waals surface area contributed by atoms with Gasteiger partial charge in [0.15, 0.2) is 5.75 Å².